The molecule has 1 amide bonds. The van der Waals surface area contributed by atoms with Crippen LogP contribution in [0.25, 0.3) is 5.69 Å². The first kappa shape index (κ1) is 17.0. The third-order valence-corrected chi connectivity index (χ3v) is 4.52. The van der Waals surface area contributed by atoms with Gasteiger partial charge in [-0.15, -0.1) is 0 Å². The van der Waals surface area contributed by atoms with Crippen LogP contribution >= 0.6 is 0 Å². The number of benzene rings is 1. The normalized spacial score (nSPS) is 14.9. The average Bonchev–Trinajstić information content (AvgIpc) is 3.30. The lowest BCUT2D eigenvalue weighted by atomic mass is 10.1. The van der Waals surface area contributed by atoms with Crippen LogP contribution < -0.4 is 10.2 Å². The van der Waals surface area contributed by atoms with Crippen molar-refractivity contribution < 1.29 is 9.53 Å². The van der Waals surface area contributed by atoms with Crippen LogP contribution in [0.15, 0.2) is 48.9 Å². The monoisotopic (exact) mass is 364 g/mol. The molecule has 1 aliphatic heterocycles. The Bertz CT molecular complexity index is 953. The van der Waals surface area contributed by atoms with Crippen LogP contribution in [0.2, 0.25) is 0 Å². The van der Waals surface area contributed by atoms with Crippen molar-refractivity contribution in [3.8, 4) is 5.69 Å². The van der Waals surface area contributed by atoms with Crippen LogP contribution in [0, 0.1) is 6.92 Å². The molecule has 1 N–H and O–H groups in total. The first-order chi connectivity index (χ1) is 13.1. The molecular weight excluding hydrogens is 344 g/mol. The van der Waals surface area contributed by atoms with Gasteiger partial charge in [-0.1, -0.05) is 12.1 Å². The number of aryl methyl sites for hydroxylation is 1. The zero-order valence-corrected chi connectivity index (χ0v) is 15.2. The molecule has 1 atom stereocenters. The molecule has 1 unspecified atom stereocenters. The summed E-state index contributed by atoms with van der Waals surface area (Å²) < 4.78 is 6.99. The van der Waals surface area contributed by atoms with Crippen molar-refractivity contribution in [2.75, 3.05) is 23.4 Å². The van der Waals surface area contributed by atoms with Crippen molar-refractivity contribution >= 4 is 17.9 Å². The number of carbonyl (C=O) groups excluding carboxylic acids is 1. The van der Waals surface area contributed by atoms with E-state index in [1.807, 2.05) is 24.6 Å². The third kappa shape index (κ3) is 3.46. The second kappa shape index (κ2) is 7.06. The number of carbonyl (C=O) groups is 1. The SMILES string of the molecule is Cc1nccn1-c1ccc(C(C)Nc2nccc(N3CCOC3=O)n2)cc1. The summed E-state index contributed by atoms with van der Waals surface area (Å²) in [5.41, 5.74) is 2.16. The Morgan fingerprint density at radius 3 is 2.63 bits per heavy atom. The maximum atomic E-state index is 11.7. The Morgan fingerprint density at radius 1 is 1.15 bits per heavy atom. The van der Waals surface area contributed by atoms with Crippen molar-refractivity contribution in [3.05, 3.63) is 60.3 Å². The van der Waals surface area contributed by atoms with Crippen LogP contribution in [0.3, 0.4) is 0 Å². The molecule has 1 aromatic carbocycles. The molecule has 8 heteroatoms. The maximum absolute atomic E-state index is 11.7. The first-order valence-corrected chi connectivity index (χ1v) is 8.76. The summed E-state index contributed by atoms with van der Waals surface area (Å²) in [5.74, 6) is 1.95. The van der Waals surface area contributed by atoms with Gasteiger partial charge in [0.05, 0.1) is 12.6 Å². The highest BCUT2D eigenvalue weighted by Crippen LogP contribution is 2.21. The highest BCUT2D eigenvalue weighted by molar-refractivity contribution is 5.88. The lowest BCUT2D eigenvalue weighted by molar-refractivity contribution is 0.181. The van der Waals surface area contributed by atoms with E-state index in [1.54, 1.807) is 18.5 Å². The van der Waals surface area contributed by atoms with Crippen molar-refractivity contribution in [1.82, 2.24) is 19.5 Å². The van der Waals surface area contributed by atoms with Gasteiger partial charge in [0, 0.05) is 24.3 Å². The second-order valence-electron chi connectivity index (χ2n) is 6.31. The number of nitrogens with one attached hydrogen (secondary N) is 1. The number of hydrogen-bond acceptors (Lipinski definition) is 6. The third-order valence-electron chi connectivity index (χ3n) is 4.52. The van der Waals surface area contributed by atoms with Crippen LogP contribution in [0.4, 0.5) is 16.6 Å². The largest absolute Gasteiger partial charge is 0.447 e. The predicted molar refractivity (Wildman–Crippen MR) is 101 cm³/mol. The van der Waals surface area contributed by atoms with Crippen molar-refractivity contribution in [2.45, 2.75) is 19.9 Å². The molecule has 0 bridgehead atoms. The Balaban J connectivity index is 1.48. The second-order valence-corrected chi connectivity index (χ2v) is 6.31. The summed E-state index contributed by atoms with van der Waals surface area (Å²) in [6, 6.07) is 9.94. The molecule has 0 saturated carbocycles. The molecule has 0 spiro atoms. The van der Waals surface area contributed by atoms with Crippen molar-refractivity contribution in [1.29, 1.82) is 0 Å². The van der Waals surface area contributed by atoms with E-state index < -0.39 is 0 Å². The van der Waals surface area contributed by atoms with Gasteiger partial charge in [-0.2, -0.15) is 4.98 Å². The van der Waals surface area contributed by atoms with Gasteiger partial charge in [-0.05, 0) is 37.6 Å². The van der Waals surface area contributed by atoms with E-state index in [9.17, 15) is 4.79 Å². The van der Waals surface area contributed by atoms with E-state index in [0.717, 1.165) is 17.1 Å². The van der Waals surface area contributed by atoms with Gasteiger partial charge in [0.1, 0.15) is 18.2 Å². The molecule has 2 aromatic heterocycles. The quantitative estimate of drug-likeness (QED) is 0.749. The minimum absolute atomic E-state index is 0.00344. The number of cyclic esters (lactones) is 1. The summed E-state index contributed by atoms with van der Waals surface area (Å²) in [5, 5.41) is 3.28. The van der Waals surface area contributed by atoms with Gasteiger partial charge < -0.3 is 14.6 Å². The molecule has 1 aliphatic rings. The molecule has 0 aliphatic carbocycles. The van der Waals surface area contributed by atoms with Gasteiger partial charge >= 0.3 is 6.09 Å². The number of ether oxygens (including phenoxy) is 1. The summed E-state index contributed by atoms with van der Waals surface area (Å²) in [6.07, 6.45) is 4.98. The number of amides is 1. The molecule has 3 heterocycles. The number of anilines is 2. The zero-order chi connectivity index (χ0) is 18.8. The lowest BCUT2D eigenvalue weighted by Crippen LogP contribution is -2.25. The minimum atomic E-state index is -0.377. The van der Waals surface area contributed by atoms with E-state index in [4.69, 9.17) is 4.74 Å². The molecule has 3 aromatic rings. The molecular formula is C19H20N6O2. The molecule has 1 fully saturated rings. The smallest absolute Gasteiger partial charge is 0.415 e. The first-order valence-electron chi connectivity index (χ1n) is 8.76. The topological polar surface area (TPSA) is 85.2 Å². The van der Waals surface area contributed by atoms with Crippen LogP contribution in [0.5, 0.6) is 0 Å². The van der Waals surface area contributed by atoms with E-state index in [0.29, 0.717) is 24.9 Å². The van der Waals surface area contributed by atoms with Gasteiger partial charge in [-0.3, -0.25) is 4.90 Å². The summed E-state index contributed by atoms with van der Waals surface area (Å²) in [6.45, 7) is 4.89. The standard InChI is InChI=1S/C19H20N6O2/c1-13(15-3-5-16(6-4-15)24-10-9-20-14(24)2)22-18-21-8-7-17(23-18)25-11-12-27-19(25)26/h3-10,13H,11-12H2,1-2H3,(H,21,22,23). The number of aromatic nitrogens is 4. The molecule has 0 radical (unpaired) electrons. The number of imidazole rings is 1. The fraction of sp³-hybridized carbons (Fsp3) is 0.263. The maximum Gasteiger partial charge on any atom is 0.415 e. The van der Waals surface area contributed by atoms with Gasteiger partial charge in [0.25, 0.3) is 0 Å². The highest BCUT2D eigenvalue weighted by atomic mass is 16.6. The van der Waals surface area contributed by atoms with Gasteiger partial charge in [-0.25, -0.2) is 14.8 Å². The van der Waals surface area contributed by atoms with E-state index >= 15 is 0 Å². The van der Waals surface area contributed by atoms with Gasteiger partial charge in [0.15, 0.2) is 0 Å². The summed E-state index contributed by atoms with van der Waals surface area (Å²) >= 11 is 0. The molecule has 138 valence electrons. The Hall–Kier alpha value is -3.42. The zero-order valence-electron chi connectivity index (χ0n) is 15.2. The molecule has 1 saturated heterocycles. The lowest BCUT2D eigenvalue weighted by Gasteiger charge is -2.17. The van der Waals surface area contributed by atoms with E-state index in [1.165, 1.54) is 4.90 Å². The Labute approximate surface area is 156 Å². The number of rotatable bonds is 5. The number of nitrogens with zero attached hydrogens (tertiary/aromatic N) is 5. The molecule has 27 heavy (non-hydrogen) atoms. The average molecular weight is 364 g/mol. The van der Waals surface area contributed by atoms with Gasteiger partial charge in [0.2, 0.25) is 5.95 Å². The van der Waals surface area contributed by atoms with Crippen LogP contribution in [-0.4, -0.2) is 38.8 Å². The number of hydrogen-bond donors (Lipinski definition) is 1. The summed E-state index contributed by atoms with van der Waals surface area (Å²) in [7, 11) is 0. The Morgan fingerprint density at radius 2 is 1.96 bits per heavy atom. The van der Waals surface area contributed by atoms with Crippen LogP contribution in [-0.2, 0) is 4.74 Å². The minimum Gasteiger partial charge on any atom is -0.447 e. The summed E-state index contributed by atoms with van der Waals surface area (Å²) in [4.78, 5) is 26.1. The Kier molecular flexibility index (Phi) is 4.45. The predicted octanol–water partition coefficient (Wildman–Crippen LogP) is 3.10. The fourth-order valence-corrected chi connectivity index (χ4v) is 3.02. The van der Waals surface area contributed by atoms with Crippen molar-refractivity contribution in [3.63, 3.8) is 0 Å². The molecule has 4 rings (SSSR count). The van der Waals surface area contributed by atoms with E-state index in [2.05, 4.69) is 44.5 Å². The van der Waals surface area contributed by atoms with Crippen molar-refractivity contribution in [2.24, 2.45) is 0 Å². The fourth-order valence-electron chi connectivity index (χ4n) is 3.02. The van der Waals surface area contributed by atoms with Crippen LogP contribution in [0.1, 0.15) is 24.4 Å². The highest BCUT2D eigenvalue weighted by Gasteiger charge is 2.25. The molecule has 8 nitrogen and oxygen atoms in total. The van der Waals surface area contributed by atoms with E-state index in [-0.39, 0.29) is 12.1 Å².